The van der Waals surface area contributed by atoms with Gasteiger partial charge in [-0.15, -0.1) is 0 Å². The average Bonchev–Trinajstić information content (AvgIpc) is 2.87. The van der Waals surface area contributed by atoms with Crippen LogP contribution in [0.3, 0.4) is 0 Å². The largest absolute Gasteiger partial charge is 0.334 e. The van der Waals surface area contributed by atoms with Crippen molar-refractivity contribution in [1.29, 1.82) is 0 Å². The van der Waals surface area contributed by atoms with Crippen LogP contribution in [0.4, 0.5) is 0 Å². The Labute approximate surface area is 94.3 Å². The summed E-state index contributed by atoms with van der Waals surface area (Å²) >= 11 is 0. The molecule has 0 spiro atoms. The fraction of sp³-hybridized carbons (Fsp3) is 0.500. The van der Waals surface area contributed by atoms with Crippen LogP contribution in [0.1, 0.15) is 18.6 Å². The third-order valence-electron chi connectivity index (χ3n) is 2.36. The van der Waals surface area contributed by atoms with Crippen molar-refractivity contribution >= 4 is 0 Å². The lowest BCUT2D eigenvalue weighted by molar-refractivity contribution is 0.596. The fourth-order valence-corrected chi connectivity index (χ4v) is 1.55. The molecule has 0 atom stereocenters. The van der Waals surface area contributed by atoms with Crippen LogP contribution in [-0.2, 0) is 26.7 Å². The minimum absolute atomic E-state index is 0.664. The second kappa shape index (κ2) is 4.89. The van der Waals surface area contributed by atoms with Gasteiger partial charge in [0.1, 0.15) is 12.2 Å². The number of rotatable bonds is 5. The predicted octanol–water partition coefficient (Wildman–Crippen LogP) is 0.321. The van der Waals surface area contributed by atoms with Crippen LogP contribution in [0.15, 0.2) is 18.7 Å². The first-order chi connectivity index (χ1) is 7.79. The van der Waals surface area contributed by atoms with Gasteiger partial charge in [0.2, 0.25) is 0 Å². The Balaban J connectivity index is 1.84. The Kier molecular flexibility index (Phi) is 3.31. The van der Waals surface area contributed by atoms with E-state index in [0.717, 1.165) is 24.7 Å². The van der Waals surface area contributed by atoms with Crippen LogP contribution in [0.25, 0.3) is 0 Å². The Hall–Kier alpha value is -1.69. The van der Waals surface area contributed by atoms with E-state index in [1.165, 1.54) is 0 Å². The molecule has 2 aromatic rings. The molecule has 0 aliphatic heterocycles. The lowest BCUT2D eigenvalue weighted by atomic mass is 10.5. The van der Waals surface area contributed by atoms with Gasteiger partial charge in [0, 0.05) is 26.0 Å². The molecule has 6 nitrogen and oxygen atoms in total. The van der Waals surface area contributed by atoms with E-state index < -0.39 is 0 Å². The first-order valence-corrected chi connectivity index (χ1v) is 5.35. The molecule has 6 heteroatoms. The molecule has 0 aliphatic carbocycles. The van der Waals surface area contributed by atoms with Gasteiger partial charge in [0.05, 0.1) is 13.1 Å². The summed E-state index contributed by atoms with van der Waals surface area (Å²) in [6.07, 6.45) is 5.50. The Morgan fingerprint density at radius 3 is 2.88 bits per heavy atom. The Morgan fingerprint density at radius 2 is 2.19 bits per heavy atom. The molecule has 0 amide bonds. The van der Waals surface area contributed by atoms with E-state index in [2.05, 4.69) is 31.9 Å². The van der Waals surface area contributed by atoms with Crippen molar-refractivity contribution in [3.63, 3.8) is 0 Å². The van der Waals surface area contributed by atoms with E-state index in [4.69, 9.17) is 0 Å². The molecular formula is C10H16N6. The van der Waals surface area contributed by atoms with Gasteiger partial charge in [-0.3, -0.25) is 4.68 Å². The third-order valence-corrected chi connectivity index (χ3v) is 2.36. The van der Waals surface area contributed by atoms with E-state index in [-0.39, 0.29) is 0 Å². The first kappa shape index (κ1) is 10.8. The molecule has 2 aromatic heterocycles. The van der Waals surface area contributed by atoms with Gasteiger partial charge in [0.15, 0.2) is 5.82 Å². The van der Waals surface area contributed by atoms with Crippen LogP contribution >= 0.6 is 0 Å². The lowest BCUT2D eigenvalue weighted by Gasteiger charge is -2.04. The number of aromatic nitrogens is 5. The highest BCUT2D eigenvalue weighted by molar-refractivity contribution is 4.92. The summed E-state index contributed by atoms with van der Waals surface area (Å²) in [4.78, 5) is 8.42. The quantitative estimate of drug-likeness (QED) is 0.788. The number of imidazole rings is 1. The molecule has 2 heterocycles. The van der Waals surface area contributed by atoms with E-state index in [1.807, 2.05) is 19.4 Å². The number of nitrogens with one attached hydrogen (secondary N) is 1. The summed E-state index contributed by atoms with van der Waals surface area (Å²) in [6, 6.07) is 0. The summed E-state index contributed by atoms with van der Waals surface area (Å²) in [7, 11) is 1.86. The predicted molar refractivity (Wildman–Crippen MR) is 59.4 cm³/mol. The van der Waals surface area contributed by atoms with Gasteiger partial charge in [-0.2, -0.15) is 5.10 Å². The molecule has 0 radical (unpaired) electrons. The van der Waals surface area contributed by atoms with Crippen molar-refractivity contribution in [2.24, 2.45) is 7.05 Å². The molecule has 2 rings (SSSR count). The van der Waals surface area contributed by atoms with Crippen LogP contribution in [0.2, 0.25) is 0 Å². The zero-order chi connectivity index (χ0) is 11.4. The highest BCUT2D eigenvalue weighted by Gasteiger charge is 2.02. The fourth-order valence-electron chi connectivity index (χ4n) is 1.55. The minimum atomic E-state index is 0.664. The van der Waals surface area contributed by atoms with Crippen LogP contribution < -0.4 is 5.32 Å². The van der Waals surface area contributed by atoms with E-state index in [0.29, 0.717) is 6.54 Å². The van der Waals surface area contributed by atoms with Crippen molar-refractivity contribution < 1.29 is 0 Å². The molecule has 0 saturated heterocycles. The van der Waals surface area contributed by atoms with Crippen molar-refractivity contribution in [3.8, 4) is 0 Å². The second-order valence-corrected chi connectivity index (χ2v) is 3.57. The van der Waals surface area contributed by atoms with Gasteiger partial charge >= 0.3 is 0 Å². The standard InChI is InChI=1S/C10H16N6/c1-3-16-5-4-12-10(16)7-11-6-9-13-8-15(2)14-9/h4-5,8,11H,3,6-7H2,1-2H3. The second-order valence-electron chi connectivity index (χ2n) is 3.57. The van der Waals surface area contributed by atoms with E-state index >= 15 is 0 Å². The van der Waals surface area contributed by atoms with Crippen molar-refractivity contribution in [3.05, 3.63) is 30.4 Å². The Morgan fingerprint density at radius 1 is 1.31 bits per heavy atom. The molecule has 0 unspecified atom stereocenters. The van der Waals surface area contributed by atoms with Crippen molar-refractivity contribution in [2.75, 3.05) is 0 Å². The maximum atomic E-state index is 4.28. The summed E-state index contributed by atoms with van der Waals surface area (Å²) in [5.74, 6) is 1.84. The maximum absolute atomic E-state index is 4.28. The van der Waals surface area contributed by atoms with Crippen LogP contribution in [-0.4, -0.2) is 24.3 Å². The zero-order valence-electron chi connectivity index (χ0n) is 9.59. The van der Waals surface area contributed by atoms with Gasteiger partial charge in [-0.05, 0) is 6.92 Å². The number of hydrogen-bond donors (Lipinski definition) is 1. The molecule has 0 saturated carbocycles. The molecule has 86 valence electrons. The zero-order valence-corrected chi connectivity index (χ0v) is 9.59. The highest BCUT2D eigenvalue weighted by Crippen LogP contribution is 1.97. The van der Waals surface area contributed by atoms with E-state index in [1.54, 1.807) is 11.0 Å². The normalized spacial score (nSPS) is 10.9. The molecule has 1 N–H and O–H groups in total. The van der Waals surface area contributed by atoms with E-state index in [9.17, 15) is 0 Å². The summed E-state index contributed by atoms with van der Waals surface area (Å²) in [5.41, 5.74) is 0. The SMILES string of the molecule is CCn1ccnc1CNCc1ncn(C)n1. The van der Waals surface area contributed by atoms with Gasteiger partial charge < -0.3 is 9.88 Å². The number of aryl methyl sites for hydroxylation is 2. The van der Waals surface area contributed by atoms with Crippen LogP contribution in [0, 0.1) is 0 Å². The smallest absolute Gasteiger partial charge is 0.164 e. The molecular weight excluding hydrogens is 204 g/mol. The van der Waals surface area contributed by atoms with Crippen LogP contribution in [0.5, 0.6) is 0 Å². The van der Waals surface area contributed by atoms with Gasteiger partial charge in [0.25, 0.3) is 0 Å². The minimum Gasteiger partial charge on any atom is -0.334 e. The average molecular weight is 220 g/mol. The summed E-state index contributed by atoms with van der Waals surface area (Å²) < 4.78 is 3.81. The topological polar surface area (TPSA) is 60.6 Å². The summed E-state index contributed by atoms with van der Waals surface area (Å²) in [5, 5.41) is 7.46. The van der Waals surface area contributed by atoms with Gasteiger partial charge in [-0.1, -0.05) is 0 Å². The first-order valence-electron chi connectivity index (χ1n) is 5.35. The monoisotopic (exact) mass is 220 g/mol. The lowest BCUT2D eigenvalue weighted by Crippen LogP contribution is -2.17. The van der Waals surface area contributed by atoms with Crippen molar-refractivity contribution in [2.45, 2.75) is 26.6 Å². The maximum Gasteiger partial charge on any atom is 0.164 e. The number of hydrogen-bond acceptors (Lipinski definition) is 4. The highest BCUT2D eigenvalue weighted by atomic mass is 15.3. The molecule has 0 bridgehead atoms. The Bertz CT molecular complexity index is 444. The molecule has 0 aromatic carbocycles. The molecule has 0 fully saturated rings. The number of nitrogens with zero attached hydrogens (tertiary/aromatic N) is 5. The third kappa shape index (κ3) is 2.46. The molecule has 0 aliphatic rings. The van der Waals surface area contributed by atoms with Gasteiger partial charge in [-0.25, -0.2) is 9.97 Å². The molecule has 16 heavy (non-hydrogen) atoms. The van der Waals surface area contributed by atoms with Crippen molar-refractivity contribution in [1.82, 2.24) is 29.6 Å². The summed E-state index contributed by atoms with van der Waals surface area (Å²) in [6.45, 7) is 4.45.